The molecule has 0 spiro atoms. The van der Waals surface area contributed by atoms with E-state index in [-0.39, 0.29) is 10.8 Å². The summed E-state index contributed by atoms with van der Waals surface area (Å²) in [6.45, 7) is 0. The molecule has 9 heteroatoms. The van der Waals surface area contributed by atoms with Gasteiger partial charge in [0.25, 0.3) is 10.1 Å². The molecule has 21 heavy (non-hydrogen) atoms. The molecule has 0 heterocycles. The molecule has 2 rings (SSSR count). The van der Waals surface area contributed by atoms with Gasteiger partial charge in [-0.3, -0.25) is 4.55 Å². The molecule has 0 unspecified atom stereocenters. The van der Waals surface area contributed by atoms with Crippen LogP contribution in [0.3, 0.4) is 0 Å². The molecule has 110 valence electrons. The zero-order chi connectivity index (χ0) is 15.9. The van der Waals surface area contributed by atoms with Crippen molar-refractivity contribution in [2.24, 2.45) is 0 Å². The van der Waals surface area contributed by atoms with E-state index in [1.807, 2.05) is 0 Å². The predicted octanol–water partition coefficient (Wildman–Crippen LogP) is 1.19. The van der Waals surface area contributed by atoms with Crippen molar-refractivity contribution in [3.8, 4) is 5.75 Å². The minimum Gasteiger partial charge on any atom is -0.506 e. The van der Waals surface area contributed by atoms with Crippen molar-refractivity contribution in [1.82, 2.24) is 0 Å². The van der Waals surface area contributed by atoms with Crippen molar-refractivity contribution in [1.29, 1.82) is 0 Å². The lowest BCUT2D eigenvalue weighted by atomic mass is 9.99. The highest BCUT2D eigenvalue weighted by Gasteiger charge is 2.32. The minimum atomic E-state index is -5.03. The molecule has 0 bridgehead atoms. The van der Waals surface area contributed by atoms with E-state index in [1.165, 1.54) is 18.2 Å². The van der Waals surface area contributed by atoms with Gasteiger partial charge in [0.15, 0.2) is 0 Å². The second-order valence-corrected chi connectivity index (χ2v) is 5.42. The molecule has 0 aromatic heterocycles. The largest absolute Gasteiger partial charge is 0.506 e. The number of carboxylic acids is 2. The Morgan fingerprint density at radius 1 is 0.905 bits per heavy atom. The molecule has 8 nitrogen and oxygen atoms in total. The third-order valence-corrected chi connectivity index (χ3v) is 3.77. The third-order valence-electron chi connectivity index (χ3n) is 2.83. The molecule has 0 aliphatic rings. The number of aromatic carboxylic acids is 2. The smallest absolute Gasteiger partial charge is 0.340 e. The van der Waals surface area contributed by atoms with E-state index in [0.717, 1.165) is 6.07 Å². The van der Waals surface area contributed by atoms with Gasteiger partial charge in [0.2, 0.25) is 0 Å². The highest BCUT2D eigenvalue weighted by molar-refractivity contribution is 7.86. The standard InChI is InChI=1S/C12H8O8S/c13-9-5-3-1-2-4-6(5)10(21(18,19)20)8(12(16)17)7(9)11(14)15/h1-4,13H,(H,14,15)(H,16,17)(H,18,19,20). The van der Waals surface area contributed by atoms with Crippen molar-refractivity contribution in [2.75, 3.05) is 0 Å². The van der Waals surface area contributed by atoms with Crippen LogP contribution in [-0.2, 0) is 10.1 Å². The second-order valence-electron chi connectivity index (χ2n) is 4.06. The summed E-state index contributed by atoms with van der Waals surface area (Å²) in [5.41, 5.74) is -2.30. The maximum absolute atomic E-state index is 11.5. The van der Waals surface area contributed by atoms with E-state index >= 15 is 0 Å². The number of carbonyl (C=O) groups is 2. The predicted molar refractivity (Wildman–Crippen MR) is 69.3 cm³/mol. The van der Waals surface area contributed by atoms with Crippen molar-refractivity contribution in [2.45, 2.75) is 4.90 Å². The number of phenols is 1. The normalized spacial score (nSPS) is 11.5. The van der Waals surface area contributed by atoms with Crippen LogP contribution in [0.5, 0.6) is 5.75 Å². The zero-order valence-corrected chi connectivity index (χ0v) is 11.0. The third kappa shape index (κ3) is 2.28. The van der Waals surface area contributed by atoms with Crippen LogP contribution in [0.4, 0.5) is 0 Å². The number of benzene rings is 2. The molecule has 0 aliphatic heterocycles. The monoisotopic (exact) mass is 312 g/mol. The average molecular weight is 312 g/mol. The summed E-state index contributed by atoms with van der Waals surface area (Å²) in [5.74, 6) is -4.62. The van der Waals surface area contributed by atoms with Gasteiger partial charge < -0.3 is 15.3 Å². The van der Waals surface area contributed by atoms with Gasteiger partial charge in [0.1, 0.15) is 16.2 Å². The van der Waals surface area contributed by atoms with Gasteiger partial charge in [0.05, 0.1) is 5.56 Å². The highest BCUT2D eigenvalue weighted by atomic mass is 32.2. The van der Waals surface area contributed by atoms with Crippen LogP contribution < -0.4 is 0 Å². The van der Waals surface area contributed by atoms with E-state index in [9.17, 15) is 27.7 Å². The topological polar surface area (TPSA) is 149 Å². The molecular formula is C12H8O8S. The lowest BCUT2D eigenvalue weighted by molar-refractivity contribution is 0.0645. The van der Waals surface area contributed by atoms with Crippen LogP contribution in [0.2, 0.25) is 0 Å². The first-order valence-corrected chi connectivity index (χ1v) is 6.82. The lowest BCUT2D eigenvalue weighted by Gasteiger charge is -2.13. The first-order valence-electron chi connectivity index (χ1n) is 5.38. The summed E-state index contributed by atoms with van der Waals surface area (Å²) in [5, 5.41) is 27.6. The van der Waals surface area contributed by atoms with Crippen LogP contribution >= 0.6 is 0 Å². The van der Waals surface area contributed by atoms with Crippen molar-refractivity contribution < 1.29 is 37.9 Å². The molecule has 2 aromatic carbocycles. The van der Waals surface area contributed by atoms with Gasteiger partial charge in [-0.15, -0.1) is 0 Å². The van der Waals surface area contributed by atoms with Crippen LogP contribution in [-0.4, -0.2) is 40.2 Å². The van der Waals surface area contributed by atoms with Crippen molar-refractivity contribution in [3.63, 3.8) is 0 Å². The SMILES string of the molecule is O=C(O)c1c(C(=O)O)c(S(=O)(=O)O)c2ccccc2c1O. The summed E-state index contributed by atoms with van der Waals surface area (Å²) in [7, 11) is -5.03. The molecular weight excluding hydrogens is 304 g/mol. The Morgan fingerprint density at radius 3 is 1.81 bits per heavy atom. The number of rotatable bonds is 3. The lowest BCUT2D eigenvalue weighted by Crippen LogP contribution is -2.15. The van der Waals surface area contributed by atoms with Crippen LogP contribution in [0, 0.1) is 0 Å². The number of hydrogen-bond donors (Lipinski definition) is 4. The summed E-state index contributed by atoms with van der Waals surface area (Å²) in [6, 6.07) is 5.10. The van der Waals surface area contributed by atoms with Gasteiger partial charge in [-0.1, -0.05) is 24.3 Å². The van der Waals surface area contributed by atoms with Gasteiger partial charge >= 0.3 is 11.9 Å². The fraction of sp³-hybridized carbons (Fsp3) is 0. The summed E-state index contributed by atoms with van der Waals surface area (Å²) < 4.78 is 32.2. The molecule has 0 radical (unpaired) electrons. The quantitative estimate of drug-likeness (QED) is 0.617. The van der Waals surface area contributed by atoms with E-state index in [0.29, 0.717) is 0 Å². The Hall–Kier alpha value is -2.65. The van der Waals surface area contributed by atoms with E-state index in [1.54, 1.807) is 0 Å². The van der Waals surface area contributed by atoms with E-state index in [2.05, 4.69) is 0 Å². The summed E-state index contributed by atoms with van der Waals surface area (Å²) >= 11 is 0. The molecule has 0 aliphatic carbocycles. The molecule has 4 N–H and O–H groups in total. The van der Waals surface area contributed by atoms with Gasteiger partial charge in [-0.2, -0.15) is 8.42 Å². The Balaban J connectivity index is 3.25. The van der Waals surface area contributed by atoms with Crippen LogP contribution in [0.25, 0.3) is 10.8 Å². The fourth-order valence-corrected chi connectivity index (χ4v) is 2.97. The maximum atomic E-state index is 11.5. The number of hydrogen-bond acceptors (Lipinski definition) is 5. The molecule has 0 saturated heterocycles. The molecule has 0 amide bonds. The average Bonchev–Trinajstić information content (AvgIpc) is 2.36. The molecule has 2 aromatic rings. The Morgan fingerprint density at radius 2 is 1.38 bits per heavy atom. The number of carboxylic acid groups (broad SMARTS) is 2. The van der Waals surface area contributed by atoms with Gasteiger partial charge in [-0.25, -0.2) is 9.59 Å². The zero-order valence-electron chi connectivity index (χ0n) is 10.1. The Labute approximate surface area is 117 Å². The summed E-state index contributed by atoms with van der Waals surface area (Å²) in [4.78, 5) is 21.3. The van der Waals surface area contributed by atoms with Crippen LogP contribution in [0.1, 0.15) is 20.7 Å². The van der Waals surface area contributed by atoms with Crippen LogP contribution in [0.15, 0.2) is 29.2 Å². The molecule has 0 atom stereocenters. The minimum absolute atomic E-state index is 0.201. The molecule has 0 fully saturated rings. The van der Waals surface area contributed by atoms with Crippen molar-refractivity contribution >= 4 is 32.8 Å². The summed E-state index contributed by atoms with van der Waals surface area (Å²) in [6.07, 6.45) is 0. The maximum Gasteiger partial charge on any atom is 0.340 e. The van der Waals surface area contributed by atoms with Gasteiger partial charge in [-0.05, 0) is 0 Å². The first-order chi connectivity index (χ1) is 9.66. The highest BCUT2D eigenvalue weighted by Crippen LogP contribution is 2.37. The van der Waals surface area contributed by atoms with E-state index in [4.69, 9.17) is 10.2 Å². The number of fused-ring (bicyclic) bond motifs is 1. The molecule has 0 saturated carbocycles. The van der Waals surface area contributed by atoms with E-state index < -0.39 is 43.8 Å². The van der Waals surface area contributed by atoms with Crippen molar-refractivity contribution in [3.05, 3.63) is 35.4 Å². The Bertz CT molecular complexity index is 882. The fourth-order valence-electron chi connectivity index (χ4n) is 2.07. The second kappa shape index (κ2) is 4.72. The first kappa shape index (κ1) is 14.8. The Kier molecular flexibility index (Phi) is 3.32. The number of aromatic hydroxyl groups is 1. The van der Waals surface area contributed by atoms with Gasteiger partial charge in [0, 0.05) is 10.8 Å².